The van der Waals surface area contributed by atoms with Gasteiger partial charge in [-0.1, -0.05) is 38.0 Å². The van der Waals surface area contributed by atoms with Gasteiger partial charge in [0.1, 0.15) is 12.1 Å². The van der Waals surface area contributed by atoms with Gasteiger partial charge < -0.3 is 10.6 Å². The number of urea groups is 1. The zero-order valence-corrected chi connectivity index (χ0v) is 18.7. The number of imide groups is 1. The van der Waals surface area contributed by atoms with E-state index in [-0.39, 0.29) is 23.4 Å². The second-order valence-corrected chi connectivity index (χ2v) is 9.61. The molecule has 1 saturated carbocycles. The molecule has 1 aliphatic heterocycles. The fourth-order valence-electron chi connectivity index (χ4n) is 4.45. The third kappa shape index (κ3) is 4.73. The van der Waals surface area contributed by atoms with Crippen LogP contribution in [0.3, 0.4) is 0 Å². The number of anilines is 1. The van der Waals surface area contributed by atoms with Crippen LogP contribution in [0, 0.1) is 5.92 Å². The number of nitrogens with one attached hydrogen (secondary N) is 2. The Balaban J connectivity index is 1.37. The summed E-state index contributed by atoms with van der Waals surface area (Å²) >= 11 is 1.12. The van der Waals surface area contributed by atoms with Crippen LogP contribution in [-0.4, -0.2) is 39.8 Å². The fourth-order valence-corrected chi connectivity index (χ4v) is 5.31. The molecule has 1 aromatic carbocycles. The van der Waals surface area contributed by atoms with Crippen molar-refractivity contribution in [1.82, 2.24) is 15.2 Å². The number of amides is 4. The third-order valence-electron chi connectivity index (χ3n) is 6.24. The van der Waals surface area contributed by atoms with Crippen LogP contribution < -0.4 is 10.6 Å². The van der Waals surface area contributed by atoms with Gasteiger partial charge in [-0.25, -0.2) is 9.78 Å². The zero-order valence-electron chi connectivity index (χ0n) is 17.9. The number of nitrogens with zero attached hydrogens (tertiary/aromatic N) is 2. The second kappa shape index (κ2) is 8.77. The van der Waals surface area contributed by atoms with Crippen LogP contribution in [0.5, 0.6) is 0 Å². The minimum absolute atomic E-state index is 0.00636. The molecule has 1 aliphatic carbocycles. The highest BCUT2D eigenvalue weighted by Gasteiger charge is 2.55. The normalized spacial score (nSPS) is 23.2. The van der Waals surface area contributed by atoms with E-state index in [1.165, 1.54) is 12.3 Å². The van der Waals surface area contributed by atoms with Crippen molar-refractivity contribution in [2.24, 2.45) is 5.92 Å². The van der Waals surface area contributed by atoms with E-state index in [0.29, 0.717) is 16.9 Å². The minimum Gasteiger partial charge on any atom is -0.323 e. The maximum absolute atomic E-state index is 13.0. The Kier molecular flexibility index (Phi) is 6.17. The summed E-state index contributed by atoms with van der Waals surface area (Å²) in [5.41, 5.74) is -1.19. The molecule has 2 heterocycles. The van der Waals surface area contributed by atoms with Crippen LogP contribution in [0.15, 0.2) is 30.5 Å². The van der Waals surface area contributed by atoms with E-state index in [0.717, 1.165) is 47.6 Å². The summed E-state index contributed by atoms with van der Waals surface area (Å²) < 4.78 is 38.7. The van der Waals surface area contributed by atoms with E-state index in [1.807, 2.05) is 6.92 Å². The Morgan fingerprint density at radius 1 is 1.33 bits per heavy atom. The number of rotatable bonds is 5. The molecule has 33 heavy (non-hydrogen) atoms. The molecule has 7 nitrogen and oxygen atoms in total. The van der Waals surface area contributed by atoms with Gasteiger partial charge in [-0.15, -0.1) is 11.3 Å². The molecule has 0 bridgehead atoms. The molecule has 2 N–H and O–H groups in total. The molecule has 11 heteroatoms. The highest BCUT2D eigenvalue weighted by atomic mass is 32.1. The Bertz CT molecular complexity index is 1090. The van der Waals surface area contributed by atoms with E-state index in [2.05, 4.69) is 15.6 Å². The molecule has 4 rings (SSSR count). The first-order chi connectivity index (χ1) is 15.6. The zero-order chi connectivity index (χ0) is 23.8. The second-order valence-electron chi connectivity index (χ2n) is 8.49. The standard InChI is InChI=1S/C22H23F3N4O3S/c1-13-5-2-3-8-21(13)18(31)29(20(32)28-21)12-17(30)27-19-26-11-16(33-19)10-14-6-4-7-15(9-14)22(23,24)25/h4,6-7,9,11,13H,2-3,5,8,10,12H2,1H3,(H,28,32)(H,26,27,30). The molecule has 0 radical (unpaired) electrons. The summed E-state index contributed by atoms with van der Waals surface area (Å²) in [6.45, 7) is 1.50. The van der Waals surface area contributed by atoms with Gasteiger partial charge in [-0.2, -0.15) is 13.2 Å². The molecule has 2 aromatic rings. The number of thiazole rings is 1. The van der Waals surface area contributed by atoms with Gasteiger partial charge in [0.2, 0.25) is 5.91 Å². The number of aromatic nitrogens is 1. The van der Waals surface area contributed by atoms with Crippen molar-refractivity contribution in [2.45, 2.75) is 50.7 Å². The van der Waals surface area contributed by atoms with Crippen molar-refractivity contribution in [3.63, 3.8) is 0 Å². The van der Waals surface area contributed by atoms with Crippen LogP contribution in [0.4, 0.5) is 23.1 Å². The lowest BCUT2D eigenvalue weighted by Crippen LogP contribution is -2.54. The average Bonchev–Trinajstić information content (AvgIpc) is 3.27. The molecule has 4 amide bonds. The number of carbonyl (C=O) groups is 3. The van der Waals surface area contributed by atoms with Crippen molar-refractivity contribution in [3.05, 3.63) is 46.5 Å². The quantitative estimate of drug-likeness (QED) is 0.628. The first-order valence-corrected chi connectivity index (χ1v) is 11.4. The lowest BCUT2D eigenvalue weighted by molar-refractivity contribution is -0.137. The Morgan fingerprint density at radius 3 is 2.85 bits per heavy atom. The molecular weight excluding hydrogens is 457 g/mol. The Morgan fingerprint density at radius 2 is 2.12 bits per heavy atom. The first kappa shape index (κ1) is 23.2. The van der Waals surface area contributed by atoms with Crippen LogP contribution >= 0.6 is 11.3 Å². The van der Waals surface area contributed by atoms with Crippen molar-refractivity contribution >= 4 is 34.3 Å². The van der Waals surface area contributed by atoms with E-state index in [4.69, 9.17) is 0 Å². The molecule has 2 fully saturated rings. The molecule has 1 spiro atoms. The Labute approximate surface area is 192 Å². The summed E-state index contributed by atoms with van der Waals surface area (Å²) in [7, 11) is 0. The predicted octanol–water partition coefficient (Wildman–Crippen LogP) is 4.19. The van der Waals surface area contributed by atoms with Crippen LogP contribution in [0.2, 0.25) is 0 Å². The Hall–Kier alpha value is -2.95. The maximum atomic E-state index is 13.0. The largest absolute Gasteiger partial charge is 0.416 e. The van der Waals surface area contributed by atoms with Crippen molar-refractivity contribution in [1.29, 1.82) is 0 Å². The number of halogens is 3. The minimum atomic E-state index is -4.42. The summed E-state index contributed by atoms with van der Waals surface area (Å²) in [4.78, 5) is 43.6. The summed E-state index contributed by atoms with van der Waals surface area (Å²) in [6.07, 6.45) is 0.514. The number of benzene rings is 1. The molecule has 176 valence electrons. The molecular formula is C22H23F3N4O3S. The lowest BCUT2D eigenvalue weighted by atomic mass is 9.73. The van der Waals surface area contributed by atoms with Crippen LogP contribution in [0.1, 0.15) is 48.6 Å². The van der Waals surface area contributed by atoms with E-state index in [9.17, 15) is 27.6 Å². The van der Waals surface area contributed by atoms with Crippen LogP contribution in [0.25, 0.3) is 0 Å². The lowest BCUT2D eigenvalue weighted by Gasteiger charge is -2.36. The molecule has 2 unspecified atom stereocenters. The van der Waals surface area contributed by atoms with Crippen LogP contribution in [-0.2, 0) is 22.2 Å². The first-order valence-electron chi connectivity index (χ1n) is 10.6. The summed E-state index contributed by atoms with van der Waals surface area (Å²) in [6, 6.07) is 4.45. The van der Waals surface area contributed by atoms with Gasteiger partial charge in [-0.3, -0.25) is 14.5 Å². The number of alkyl halides is 3. The van der Waals surface area contributed by atoms with Gasteiger partial charge in [0.15, 0.2) is 5.13 Å². The van der Waals surface area contributed by atoms with Gasteiger partial charge >= 0.3 is 12.2 Å². The van der Waals surface area contributed by atoms with Gasteiger partial charge in [0.25, 0.3) is 5.91 Å². The maximum Gasteiger partial charge on any atom is 0.416 e. The number of hydrogen-bond acceptors (Lipinski definition) is 5. The van der Waals surface area contributed by atoms with E-state index in [1.54, 1.807) is 6.07 Å². The predicted molar refractivity (Wildman–Crippen MR) is 116 cm³/mol. The highest BCUT2D eigenvalue weighted by Crippen LogP contribution is 2.38. The average molecular weight is 481 g/mol. The number of carbonyl (C=O) groups excluding carboxylic acids is 3. The molecule has 1 saturated heterocycles. The highest BCUT2D eigenvalue weighted by molar-refractivity contribution is 7.15. The van der Waals surface area contributed by atoms with Crippen molar-refractivity contribution in [3.8, 4) is 0 Å². The SMILES string of the molecule is CC1CCCCC12NC(=O)N(CC(=O)Nc1ncc(Cc3cccc(C(F)(F)F)c3)s1)C2=O. The fraction of sp³-hybridized carbons (Fsp3) is 0.455. The summed E-state index contributed by atoms with van der Waals surface area (Å²) in [5.74, 6) is -0.952. The summed E-state index contributed by atoms with van der Waals surface area (Å²) in [5, 5.41) is 5.61. The number of hydrogen-bond donors (Lipinski definition) is 2. The van der Waals surface area contributed by atoms with Crippen molar-refractivity contribution in [2.75, 3.05) is 11.9 Å². The monoisotopic (exact) mass is 480 g/mol. The van der Waals surface area contributed by atoms with Gasteiger partial charge in [-0.05, 0) is 30.4 Å². The topological polar surface area (TPSA) is 91.4 Å². The molecule has 2 aliphatic rings. The molecule has 2 atom stereocenters. The van der Waals surface area contributed by atoms with E-state index < -0.39 is 35.8 Å². The smallest absolute Gasteiger partial charge is 0.323 e. The van der Waals surface area contributed by atoms with Crippen molar-refractivity contribution < 1.29 is 27.6 Å². The molecule has 1 aromatic heterocycles. The third-order valence-corrected chi connectivity index (χ3v) is 7.15. The van der Waals surface area contributed by atoms with Gasteiger partial charge in [0.05, 0.1) is 5.56 Å². The van der Waals surface area contributed by atoms with E-state index >= 15 is 0 Å². The van der Waals surface area contributed by atoms with Gasteiger partial charge in [0, 0.05) is 17.5 Å².